The van der Waals surface area contributed by atoms with Gasteiger partial charge >= 0.3 is 5.97 Å². The maximum Gasteiger partial charge on any atom is 0.302 e. The van der Waals surface area contributed by atoms with Crippen LogP contribution in [0.5, 0.6) is 0 Å². The number of rotatable bonds is 7. The van der Waals surface area contributed by atoms with E-state index < -0.39 is 0 Å². The summed E-state index contributed by atoms with van der Waals surface area (Å²) < 4.78 is 4.76. The predicted octanol–water partition coefficient (Wildman–Crippen LogP) is 2.18. The fourth-order valence-corrected chi connectivity index (χ4v) is 2.32. The lowest BCUT2D eigenvalue weighted by molar-refractivity contribution is -0.140. The minimum Gasteiger partial charge on any atom is -0.465 e. The minimum absolute atomic E-state index is 0.198. The normalized spacial score (nSPS) is 8.86. The van der Waals surface area contributed by atoms with Crippen molar-refractivity contribution in [3.05, 3.63) is 0 Å². The molecule has 0 rings (SSSR count). The summed E-state index contributed by atoms with van der Waals surface area (Å²) in [7, 11) is 5.46. The molecule has 0 bridgehead atoms. The van der Waals surface area contributed by atoms with Crippen LogP contribution in [0.3, 0.4) is 0 Å². The maximum absolute atomic E-state index is 10.3. The van der Waals surface area contributed by atoms with Crippen LogP contribution in [-0.4, -0.2) is 37.7 Å². The second kappa shape index (κ2) is 15.6. The Labute approximate surface area is 95.1 Å². The van der Waals surface area contributed by atoms with Crippen molar-refractivity contribution in [2.45, 2.75) is 20.8 Å². The second-order valence-electron chi connectivity index (χ2n) is 2.09. The minimum atomic E-state index is -0.198. The fraction of sp³-hybridized carbons (Fsp3) is 0.889. The van der Waals surface area contributed by atoms with E-state index in [-0.39, 0.29) is 5.97 Å². The second-order valence-corrected chi connectivity index (χ2v) is 4.79. The lowest BCUT2D eigenvalue weighted by atomic mass is 10.8. The number of hydrogen-bond acceptors (Lipinski definition) is 5. The van der Waals surface area contributed by atoms with E-state index in [1.165, 1.54) is 6.92 Å². The molecule has 0 aliphatic heterocycles. The van der Waals surface area contributed by atoms with E-state index in [0.717, 1.165) is 18.1 Å². The molecule has 0 aromatic rings. The fourth-order valence-electron chi connectivity index (χ4n) is 0.481. The topological polar surface area (TPSA) is 38.3 Å². The van der Waals surface area contributed by atoms with Gasteiger partial charge in [0.2, 0.25) is 0 Å². The third-order valence-corrected chi connectivity index (χ3v) is 3.36. The Kier molecular flexibility index (Phi) is 18.4. The van der Waals surface area contributed by atoms with Gasteiger partial charge in [0.05, 0.1) is 0 Å². The van der Waals surface area contributed by atoms with Gasteiger partial charge in [-0.05, 0) is 7.05 Å². The van der Waals surface area contributed by atoms with Crippen LogP contribution in [0.1, 0.15) is 20.8 Å². The van der Waals surface area contributed by atoms with E-state index in [4.69, 9.17) is 4.74 Å². The van der Waals surface area contributed by atoms with Crippen molar-refractivity contribution in [3.8, 4) is 0 Å². The molecule has 0 aromatic heterocycles. The molecule has 0 radical (unpaired) electrons. The summed E-state index contributed by atoms with van der Waals surface area (Å²) in [6.07, 6.45) is 0. The van der Waals surface area contributed by atoms with Crippen molar-refractivity contribution in [2.24, 2.45) is 0 Å². The Hall–Kier alpha value is 0.130. The van der Waals surface area contributed by atoms with Crippen LogP contribution in [0.15, 0.2) is 0 Å². The van der Waals surface area contributed by atoms with Gasteiger partial charge in [0.1, 0.15) is 6.61 Å². The number of hydrogen-bond donors (Lipinski definition) is 1. The first kappa shape index (κ1) is 16.6. The van der Waals surface area contributed by atoms with Gasteiger partial charge in [-0.15, -0.1) is 0 Å². The molecule has 0 atom stereocenters. The zero-order valence-electron chi connectivity index (χ0n) is 9.46. The molecule has 0 saturated heterocycles. The smallest absolute Gasteiger partial charge is 0.302 e. The molecule has 86 valence electrons. The molecule has 0 amide bonds. The number of ether oxygens (including phenoxy) is 1. The van der Waals surface area contributed by atoms with Gasteiger partial charge in [0.15, 0.2) is 0 Å². The first-order valence-corrected chi connectivity index (χ1v) is 7.28. The van der Waals surface area contributed by atoms with Crippen LogP contribution < -0.4 is 5.32 Å². The van der Waals surface area contributed by atoms with Crippen LogP contribution in [0.2, 0.25) is 0 Å². The monoisotopic (exact) mass is 239 g/mol. The number of carbonyl (C=O) groups is 1. The van der Waals surface area contributed by atoms with Crippen LogP contribution in [0.4, 0.5) is 0 Å². The van der Waals surface area contributed by atoms with Gasteiger partial charge in [0, 0.05) is 25.0 Å². The number of carbonyl (C=O) groups excluding carboxylic acids is 1. The summed E-state index contributed by atoms with van der Waals surface area (Å²) in [4.78, 5) is 10.3. The van der Waals surface area contributed by atoms with Gasteiger partial charge in [-0.25, -0.2) is 0 Å². The van der Waals surface area contributed by atoms with Crippen molar-refractivity contribution in [3.63, 3.8) is 0 Å². The van der Waals surface area contributed by atoms with Gasteiger partial charge in [-0.2, -0.15) is 0 Å². The molecule has 0 aliphatic carbocycles. The van der Waals surface area contributed by atoms with Crippen LogP contribution in [-0.2, 0) is 9.53 Å². The highest BCUT2D eigenvalue weighted by Gasteiger charge is 1.93. The Morgan fingerprint density at radius 1 is 1.29 bits per heavy atom. The molecule has 0 fully saturated rings. The molecule has 0 spiro atoms. The Morgan fingerprint density at radius 2 is 1.86 bits per heavy atom. The van der Waals surface area contributed by atoms with E-state index in [9.17, 15) is 4.79 Å². The lowest BCUT2D eigenvalue weighted by Gasteiger charge is -2.01. The lowest BCUT2D eigenvalue weighted by Crippen LogP contribution is -2.09. The van der Waals surface area contributed by atoms with E-state index in [1.807, 2.05) is 20.9 Å². The third-order valence-electron chi connectivity index (χ3n) is 0.991. The molecule has 5 heteroatoms. The van der Waals surface area contributed by atoms with Gasteiger partial charge in [-0.1, -0.05) is 35.4 Å². The van der Waals surface area contributed by atoms with Crippen LogP contribution in [0, 0.1) is 0 Å². The van der Waals surface area contributed by atoms with E-state index in [2.05, 4.69) is 5.32 Å². The molecular formula is C9H21NO2S2. The van der Waals surface area contributed by atoms with Gasteiger partial charge in [0.25, 0.3) is 0 Å². The molecule has 0 aromatic carbocycles. The van der Waals surface area contributed by atoms with Gasteiger partial charge in [-0.3, -0.25) is 4.79 Å². The van der Waals surface area contributed by atoms with E-state index >= 15 is 0 Å². The standard InChI is InChI=1S/C7H15NO2S2.C2H6/c1-7(9)10-4-6-12-11-5-3-8-2;1-2/h8H,3-6H2,1-2H3;1-2H3. The maximum atomic E-state index is 10.3. The Balaban J connectivity index is 0. The van der Waals surface area contributed by atoms with E-state index in [1.54, 1.807) is 21.6 Å². The molecule has 0 unspecified atom stereocenters. The molecule has 0 heterocycles. The van der Waals surface area contributed by atoms with E-state index in [0.29, 0.717) is 6.61 Å². The van der Waals surface area contributed by atoms with Crippen LogP contribution in [0.25, 0.3) is 0 Å². The summed E-state index contributed by atoms with van der Waals surface area (Å²) in [5, 5.41) is 3.06. The molecule has 1 N–H and O–H groups in total. The molecular weight excluding hydrogens is 218 g/mol. The molecule has 3 nitrogen and oxygen atoms in total. The largest absolute Gasteiger partial charge is 0.465 e. The quantitative estimate of drug-likeness (QED) is 0.419. The Bertz CT molecular complexity index is 123. The molecule has 14 heavy (non-hydrogen) atoms. The number of nitrogens with one attached hydrogen (secondary N) is 1. The first-order valence-electron chi connectivity index (χ1n) is 4.79. The van der Waals surface area contributed by atoms with Crippen molar-refractivity contribution in [1.29, 1.82) is 0 Å². The highest BCUT2D eigenvalue weighted by Crippen LogP contribution is 2.19. The van der Waals surface area contributed by atoms with Crippen molar-refractivity contribution < 1.29 is 9.53 Å². The van der Waals surface area contributed by atoms with Crippen molar-refractivity contribution in [1.82, 2.24) is 5.32 Å². The zero-order chi connectivity index (χ0) is 11.2. The highest BCUT2D eigenvalue weighted by atomic mass is 33.1. The highest BCUT2D eigenvalue weighted by molar-refractivity contribution is 8.76. The summed E-state index contributed by atoms with van der Waals surface area (Å²) >= 11 is 0. The SMILES string of the molecule is CC.CNCCSSCCOC(C)=O. The van der Waals surface area contributed by atoms with Crippen LogP contribution >= 0.6 is 21.6 Å². The Morgan fingerprint density at radius 3 is 2.36 bits per heavy atom. The predicted molar refractivity (Wildman–Crippen MR) is 66.8 cm³/mol. The average Bonchev–Trinajstić information content (AvgIpc) is 2.19. The summed E-state index contributed by atoms with van der Waals surface area (Å²) in [6.45, 7) is 6.97. The third kappa shape index (κ3) is 18.0. The first-order chi connectivity index (χ1) is 6.77. The summed E-state index contributed by atoms with van der Waals surface area (Å²) in [5.41, 5.74) is 0. The van der Waals surface area contributed by atoms with Gasteiger partial charge < -0.3 is 10.1 Å². The average molecular weight is 239 g/mol. The summed E-state index contributed by atoms with van der Waals surface area (Å²) in [5.74, 6) is 1.76. The molecule has 0 saturated carbocycles. The summed E-state index contributed by atoms with van der Waals surface area (Å²) in [6, 6.07) is 0. The van der Waals surface area contributed by atoms with Crippen molar-refractivity contribution in [2.75, 3.05) is 31.7 Å². The zero-order valence-corrected chi connectivity index (χ0v) is 11.1. The van der Waals surface area contributed by atoms with Crippen molar-refractivity contribution >= 4 is 27.6 Å². The number of esters is 1. The molecule has 0 aliphatic rings.